The molecule has 1 atom stereocenters. The Morgan fingerprint density at radius 1 is 1.64 bits per heavy atom. The molecule has 1 amide bonds. The minimum absolute atomic E-state index is 0.167. The summed E-state index contributed by atoms with van der Waals surface area (Å²) in [4.78, 5) is 11.7. The second kappa shape index (κ2) is 5.20. The summed E-state index contributed by atoms with van der Waals surface area (Å²) in [6.07, 6.45) is 1.49. The zero-order chi connectivity index (χ0) is 10.6. The summed E-state index contributed by atoms with van der Waals surface area (Å²) in [5.41, 5.74) is 0. The summed E-state index contributed by atoms with van der Waals surface area (Å²) in [6.45, 7) is 4.80. The lowest BCUT2D eigenvalue weighted by atomic mass is 10.1. The Morgan fingerprint density at radius 3 is 2.86 bits per heavy atom. The van der Waals surface area contributed by atoms with Gasteiger partial charge in [0.15, 0.2) is 5.76 Å². The van der Waals surface area contributed by atoms with Gasteiger partial charge < -0.3 is 9.73 Å². The molecule has 0 aliphatic rings. The normalized spacial score (nSPS) is 12.9. The Kier molecular flexibility index (Phi) is 4.20. The molecule has 1 heterocycles. The smallest absolute Gasteiger partial charge is 0.287 e. The molecule has 0 saturated carbocycles. The molecule has 1 unspecified atom stereocenters. The van der Waals surface area contributed by atoms with Crippen molar-refractivity contribution in [2.24, 2.45) is 5.92 Å². The van der Waals surface area contributed by atoms with Crippen LogP contribution in [-0.4, -0.2) is 17.3 Å². The minimum Gasteiger partial charge on any atom is -0.459 e. The topological polar surface area (TPSA) is 42.2 Å². The molecule has 1 aromatic heterocycles. The van der Waals surface area contributed by atoms with Gasteiger partial charge in [-0.05, 0) is 18.1 Å². The number of halogens is 1. The van der Waals surface area contributed by atoms with Crippen molar-refractivity contribution in [1.29, 1.82) is 0 Å². The lowest BCUT2D eigenvalue weighted by Crippen LogP contribution is -2.31. The van der Waals surface area contributed by atoms with Crippen molar-refractivity contribution in [2.75, 3.05) is 6.54 Å². The summed E-state index contributed by atoms with van der Waals surface area (Å²) < 4.78 is 4.96. The van der Waals surface area contributed by atoms with Crippen LogP contribution in [0.4, 0.5) is 0 Å². The Hall–Kier alpha value is -0.770. The zero-order valence-corrected chi connectivity index (χ0v) is 9.87. The molecular weight excluding hydrogens is 246 g/mol. The molecule has 0 aliphatic heterocycles. The number of hydrogen-bond acceptors (Lipinski definition) is 2. The third-order valence-corrected chi connectivity index (χ3v) is 3.31. The quantitative estimate of drug-likeness (QED) is 0.845. The molecule has 0 spiro atoms. The highest BCUT2D eigenvalue weighted by molar-refractivity contribution is 9.09. The number of amides is 1. The van der Waals surface area contributed by atoms with Gasteiger partial charge in [0.25, 0.3) is 5.91 Å². The monoisotopic (exact) mass is 259 g/mol. The number of nitrogens with one attached hydrogen (secondary N) is 1. The van der Waals surface area contributed by atoms with Crippen molar-refractivity contribution in [3.05, 3.63) is 24.2 Å². The molecule has 78 valence electrons. The number of hydrogen-bond donors (Lipinski definition) is 1. The lowest BCUT2D eigenvalue weighted by Gasteiger charge is -2.13. The molecule has 4 heteroatoms. The molecule has 0 radical (unpaired) electrons. The molecule has 0 aromatic carbocycles. The Balaban J connectivity index is 2.36. The maximum absolute atomic E-state index is 11.4. The van der Waals surface area contributed by atoms with E-state index in [1.165, 1.54) is 6.26 Å². The summed E-state index contributed by atoms with van der Waals surface area (Å²) >= 11 is 3.49. The second-order valence-electron chi connectivity index (χ2n) is 3.45. The van der Waals surface area contributed by atoms with Gasteiger partial charge in [-0.15, -0.1) is 0 Å². The Labute approximate surface area is 92.0 Å². The molecular formula is C10H14BrNO2. The van der Waals surface area contributed by atoms with Crippen LogP contribution in [0.3, 0.4) is 0 Å². The molecule has 14 heavy (non-hydrogen) atoms. The van der Waals surface area contributed by atoms with E-state index in [9.17, 15) is 4.79 Å². The van der Waals surface area contributed by atoms with Gasteiger partial charge >= 0.3 is 0 Å². The average molecular weight is 260 g/mol. The fourth-order valence-corrected chi connectivity index (χ4v) is 1.08. The number of rotatable bonds is 4. The van der Waals surface area contributed by atoms with Crippen LogP contribution in [0, 0.1) is 5.92 Å². The summed E-state index contributed by atoms with van der Waals surface area (Å²) in [5, 5.41) is 2.79. The van der Waals surface area contributed by atoms with Crippen LogP contribution >= 0.6 is 15.9 Å². The molecule has 1 rings (SSSR count). The SMILES string of the molecule is CC(C)C(Br)CNC(=O)c1ccco1. The number of furan rings is 1. The van der Waals surface area contributed by atoms with Gasteiger partial charge in [0.05, 0.1) is 6.26 Å². The standard InChI is InChI=1S/C10H14BrNO2/c1-7(2)8(11)6-12-10(13)9-4-3-5-14-9/h3-5,7-8H,6H2,1-2H3,(H,12,13). The van der Waals surface area contributed by atoms with Crippen molar-refractivity contribution in [1.82, 2.24) is 5.32 Å². The van der Waals surface area contributed by atoms with E-state index in [0.29, 0.717) is 23.1 Å². The number of alkyl halides is 1. The van der Waals surface area contributed by atoms with Crippen molar-refractivity contribution in [2.45, 2.75) is 18.7 Å². The van der Waals surface area contributed by atoms with Gasteiger partial charge in [0.2, 0.25) is 0 Å². The molecule has 0 saturated heterocycles. The molecule has 0 fully saturated rings. The minimum atomic E-state index is -0.167. The zero-order valence-electron chi connectivity index (χ0n) is 8.29. The van der Waals surface area contributed by atoms with Crippen molar-refractivity contribution < 1.29 is 9.21 Å². The molecule has 1 N–H and O–H groups in total. The largest absolute Gasteiger partial charge is 0.459 e. The van der Waals surface area contributed by atoms with Crippen LogP contribution < -0.4 is 5.32 Å². The molecule has 1 aromatic rings. The highest BCUT2D eigenvalue weighted by Crippen LogP contribution is 2.10. The molecule has 3 nitrogen and oxygen atoms in total. The highest BCUT2D eigenvalue weighted by Gasteiger charge is 2.12. The van der Waals surface area contributed by atoms with E-state index in [1.54, 1.807) is 12.1 Å². The summed E-state index contributed by atoms with van der Waals surface area (Å²) in [5.74, 6) is 0.681. The maximum Gasteiger partial charge on any atom is 0.287 e. The predicted molar refractivity (Wildman–Crippen MR) is 58.6 cm³/mol. The first-order valence-electron chi connectivity index (χ1n) is 4.57. The van der Waals surface area contributed by atoms with Crippen LogP contribution in [0.15, 0.2) is 22.8 Å². The van der Waals surface area contributed by atoms with Gasteiger partial charge in [0.1, 0.15) is 0 Å². The van der Waals surface area contributed by atoms with E-state index in [1.807, 2.05) is 0 Å². The van der Waals surface area contributed by atoms with Gasteiger partial charge in [-0.3, -0.25) is 4.79 Å². The van der Waals surface area contributed by atoms with Crippen molar-refractivity contribution in [3.8, 4) is 0 Å². The first-order chi connectivity index (χ1) is 6.61. The summed E-state index contributed by atoms with van der Waals surface area (Å²) in [7, 11) is 0. The first-order valence-corrected chi connectivity index (χ1v) is 5.48. The van der Waals surface area contributed by atoms with E-state index >= 15 is 0 Å². The Bertz CT molecular complexity index is 282. The molecule has 0 aliphatic carbocycles. The van der Waals surface area contributed by atoms with Gasteiger partial charge in [-0.1, -0.05) is 29.8 Å². The van der Waals surface area contributed by atoms with E-state index in [-0.39, 0.29) is 5.91 Å². The van der Waals surface area contributed by atoms with Crippen molar-refractivity contribution in [3.63, 3.8) is 0 Å². The maximum atomic E-state index is 11.4. The Morgan fingerprint density at radius 2 is 2.36 bits per heavy atom. The third-order valence-electron chi connectivity index (χ3n) is 1.93. The van der Waals surface area contributed by atoms with E-state index in [0.717, 1.165) is 0 Å². The molecule has 0 bridgehead atoms. The number of carbonyl (C=O) groups excluding carboxylic acids is 1. The fourth-order valence-electron chi connectivity index (χ4n) is 0.921. The lowest BCUT2D eigenvalue weighted by molar-refractivity contribution is 0.0925. The highest BCUT2D eigenvalue weighted by atomic mass is 79.9. The number of carbonyl (C=O) groups is 1. The summed E-state index contributed by atoms with van der Waals surface area (Å²) in [6, 6.07) is 3.34. The van der Waals surface area contributed by atoms with E-state index in [4.69, 9.17) is 4.42 Å². The van der Waals surface area contributed by atoms with Crippen LogP contribution in [-0.2, 0) is 0 Å². The second-order valence-corrected chi connectivity index (χ2v) is 4.62. The van der Waals surface area contributed by atoms with Crippen LogP contribution in [0.2, 0.25) is 0 Å². The van der Waals surface area contributed by atoms with E-state index < -0.39 is 0 Å². The predicted octanol–water partition coefficient (Wildman–Crippen LogP) is 2.43. The fraction of sp³-hybridized carbons (Fsp3) is 0.500. The van der Waals surface area contributed by atoms with Gasteiger partial charge in [-0.2, -0.15) is 0 Å². The van der Waals surface area contributed by atoms with Crippen LogP contribution in [0.1, 0.15) is 24.4 Å². The van der Waals surface area contributed by atoms with Gasteiger partial charge in [0, 0.05) is 11.4 Å². The average Bonchev–Trinajstić information content (AvgIpc) is 2.66. The van der Waals surface area contributed by atoms with E-state index in [2.05, 4.69) is 35.1 Å². The first kappa shape index (κ1) is 11.3. The third kappa shape index (κ3) is 3.18. The van der Waals surface area contributed by atoms with Gasteiger partial charge in [-0.25, -0.2) is 0 Å². The van der Waals surface area contributed by atoms with Crippen LogP contribution in [0.25, 0.3) is 0 Å². The van der Waals surface area contributed by atoms with Crippen molar-refractivity contribution >= 4 is 21.8 Å². The van der Waals surface area contributed by atoms with Crippen LogP contribution in [0.5, 0.6) is 0 Å².